The number of nitrogens with zero attached hydrogens (tertiary/aromatic N) is 2. The van der Waals surface area contributed by atoms with E-state index >= 15 is 0 Å². The van der Waals surface area contributed by atoms with Crippen molar-refractivity contribution >= 4 is 35.4 Å². The summed E-state index contributed by atoms with van der Waals surface area (Å²) in [5.74, 6) is 9.58. The molecule has 6 N–H and O–H groups in total. The van der Waals surface area contributed by atoms with E-state index in [1.165, 1.54) is 11.1 Å². The summed E-state index contributed by atoms with van der Waals surface area (Å²) in [6, 6.07) is 11.3. The Morgan fingerprint density at radius 1 is 0.611 bits per heavy atom. The third kappa shape index (κ3) is 14.0. The van der Waals surface area contributed by atoms with E-state index in [9.17, 15) is 28.8 Å². The van der Waals surface area contributed by atoms with E-state index in [-0.39, 0.29) is 86.7 Å². The maximum Gasteiger partial charge on any atom is 0.246 e. The van der Waals surface area contributed by atoms with Crippen LogP contribution < -0.4 is 31.9 Å². The summed E-state index contributed by atoms with van der Waals surface area (Å²) < 4.78 is 12.4. The molecule has 0 unspecified atom stereocenters. The van der Waals surface area contributed by atoms with Crippen molar-refractivity contribution in [3.63, 3.8) is 0 Å². The maximum atomic E-state index is 14.5. The van der Waals surface area contributed by atoms with E-state index in [0.717, 1.165) is 49.7 Å². The second-order valence-electron chi connectivity index (χ2n) is 21.9. The minimum Gasteiger partial charge on any atom is -0.364 e. The van der Waals surface area contributed by atoms with Gasteiger partial charge in [-0.3, -0.25) is 28.8 Å². The molecule has 10 atom stereocenters. The van der Waals surface area contributed by atoms with Gasteiger partial charge in [-0.1, -0.05) is 102 Å². The second-order valence-corrected chi connectivity index (χ2v) is 21.9. The third-order valence-electron chi connectivity index (χ3n) is 14.5. The van der Waals surface area contributed by atoms with Crippen LogP contribution in [0.5, 0.6) is 0 Å². The van der Waals surface area contributed by atoms with Crippen molar-refractivity contribution in [3.8, 4) is 23.7 Å². The number of amides is 6. The van der Waals surface area contributed by atoms with Crippen LogP contribution in [0, 0.1) is 34.5 Å². The number of likely N-dealkylation sites (tertiary alicyclic amines) is 2. The number of fused-ring (bicyclic) bond motifs is 2. The van der Waals surface area contributed by atoms with Crippen molar-refractivity contribution in [1.29, 1.82) is 0 Å². The molecule has 72 heavy (non-hydrogen) atoms. The Bertz CT molecular complexity index is 2240. The monoisotopic (exact) mass is 991 g/mol. The second kappa shape index (κ2) is 24.8. The van der Waals surface area contributed by atoms with Gasteiger partial charge in [-0.05, 0) is 111 Å². The summed E-state index contributed by atoms with van der Waals surface area (Å²) in [6.45, 7) is 15.0. The first-order valence-electron chi connectivity index (χ1n) is 25.7. The Morgan fingerprint density at radius 2 is 0.986 bits per heavy atom. The van der Waals surface area contributed by atoms with Crippen LogP contribution in [0.15, 0.2) is 48.5 Å². The predicted molar refractivity (Wildman–Crippen MR) is 276 cm³/mol. The highest BCUT2D eigenvalue weighted by Gasteiger charge is 2.48. The molecule has 6 rings (SSSR count). The molecule has 0 aromatic heterocycles. The van der Waals surface area contributed by atoms with Crippen LogP contribution in [-0.4, -0.2) is 134 Å². The molecule has 2 aliphatic heterocycles. The van der Waals surface area contributed by atoms with Gasteiger partial charge in [0, 0.05) is 25.9 Å². The fraction of sp³-hybridized carbons (Fsp3) is 0.607. The molecule has 2 fully saturated rings. The molecule has 0 spiro atoms. The zero-order chi connectivity index (χ0) is 52.3. The van der Waals surface area contributed by atoms with Crippen LogP contribution in [0.3, 0.4) is 0 Å². The molecule has 6 amide bonds. The topological polar surface area (TPSA) is 200 Å². The lowest BCUT2D eigenvalue weighted by Gasteiger charge is -2.36. The summed E-state index contributed by atoms with van der Waals surface area (Å²) in [5, 5.41) is 18.2. The fourth-order valence-electron chi connectivity index (χ4n) is 10.1. The van der Waals surface area contributed by atoms with Crippen molar-refractivity contribution < 1.29 is 38.2 Å². The van der Waals surface area contributed by atoms with E-state index in [1.807, 2.05) is 77.9 Å². The average molecular weight is 991 g/mol. The first-order valence-corrected chi connectivity index (χ1v) is 25.7. The van der Waals surface area contributed by atoms with Gasteiger partial charge in [0.2, 0.25) is 35.4 Å². The molecule has 16 heteroatoms. The van der Waals surface area contributed by atoms with Gasteiger partial charge < -0.3 is 51.2 Å². The number of benzene rings is 2. The van der Waals surface area contributed by atoms with E-state index in [1.54, 1.807) is 37.7 Å². The lowest BCUT2D eigenvalue weighted by Crippen LogP contribution is -2.59. The Kier molecular flexibility index (Phi) is 19.1. The van der Waals surface area contributed by atoms with Crippen LogP contribution in [0.25, 0.3) is 0 Å². The molecule has 2 saturated heterocycles. The SMILES string of the molecule is CN[C@@H](C)C(=O)N[C@H](C(=O)N1C[C@@H](OCC#CC#CCO[C@H]2C[C@@H](C(=O)N[C@@H]3CCCc4ccccc43)N(C(=O)[C@@H](NC(=O)[C@H](C)NC)C(C)(C)C)C2)C[C@H]1C(=O)N[C@@H]1CCCc2ccccc21)C(C)(C)C. The van der Waals surface area contributed by atoms with Gasteiger partial charge in [-0.25, -0.2) is 0 Å². The van der Waals surface area contributed by atoms with Crippen molar-refractivity contribution in [1.82, 2.24) is 41.7 Å². The molecule has 2 aromatic rings. The van der Waals surface area contributed by atoms with Gasteiger partial charge in [0.05, 0.1) is 36.4 Å². The number of hydrogen-bond acceptors (Lipinski definition) is 10. The van der Waals surface area contributed by atoms with Crippen molar-refractivity contribution in [3.05, 3.63) is 70.8 Å². The van der Waals surface area contributed by atoms with E-state index in [0.29, 0.717) is 0 Å². The minimum atomic E-state index is -0.904. The lowest BCUT2D eigenvalue weighted by molar-refractivity contribution is -0.144. The summed E-state index contributed by atoms with van der Waals surface area (Å²) in [4.78, 5) is 86.6. The number of ether oxygens (including phenoxy) is 2. The number of rotatable bonds is 16. The van der Waals surface area contributed by atoms with Crippen LogP contribution in [0.2, 0.25) is 0 Å². The van der Waals surface area contributed by atoms with Gasteiger partial charge >= 0.3 is 0 Å². The van der Waals surface area contributed by atoms with Gasteiger partial charge in [-0.15, -0.1) is 0 Å². The largest absolute Gasteiger partial charge is 0.364 e. The molecule has 390 valence electrons. The number of likely N-dealkylation sites (N-methyl/N-ethyl adjacent to an activating group) is 2. The average Bonchev–Trinajstić information content (AvgIpc) is 3.99. The Labute approximate surface area is 427 Å². The first-order chi connectivity index (χ1) is 34.2. The van der Waals surface area contributed by atoms with Crippen molar-refractivity contribution in [2.24, 2.45) is 10.8 Å². The van der Waals surface area contributed by atoms with E-state index < -0.39 is 59.3 Å². The summed E-state index contributed by atoms with van der Waals surface area (Å²) in [7, 11) is 3.36. The maximum absolute atomic E-state index is 14.5. The standard InChI is InChI=1S/C56H78N8O8/c1-35(57-9)49(65)61-47(55(3,4)5)53(69)63-33-39(31-45(63)51(67)59-43-27-19-23-37-21-13-15-25-41(37)43)71-29-17-11-12-18-30-72-40-32-46(52(68)60-44-28-20-24-38-22-14-16-26-42(38)44)64(34-40)54(70)48(56(6,7)8)62-50(66)36(2)58-10/h13-16,21-22,25-26,35-36,39-40,43-48,57-58H,19-20,23-24,27-34H2,1-10H3,(H,59,67)(H,60,68)(H,61,65)(H,62,66)/t35-,36-,39-,40-,43+,44+,45-,46-,47+,48+/m0/s1. The number of hydrogen-bond donors (Lipinski definition) is 6. The number of carbonyl (C=O) groups excluding carboxylic acids is 6. The van der Waals surface area contributed by atoms with Gasteiger partial charge in [0.15, 0.2) is 0 Å². The molecular formula is C56H78N8O8. The lowest BCUT2D eigenvalue weighted by atomic mass is 9.85. The quantitative estimate of drug-likeness (QED) is 0.135. The van der Waals surface area contributed by atoms with E-state index in [4.69, 9.17) is 9.47 Å². The molecule has 0 radical (unpaired) electrons. The van der Waals surface area contributed by atoms with Crippen LogP contribution in [-0.2, 0) is 51.1 Å². The molecular weight excluding hydrogens is 913 g/mol. The highest BCUT2D eigenvalue weighted by atomic mass is 16.5. The van der Waals surface area contributed by atoms with Gasteiger partial charge in [-0.2, -0.15) is 0 Å². The van der Waals surface area contributed by atoms with Crippen LogP contribution in [0.4, 0.5) is 0 Å². The first kappa shape index (κ1) is 55.5. The smallest absolute Gasteiger partial charge is 0.246 e. The van der Waals surface area contributed by atoms with Crippen molar-refractivity contribution in [2.45, 2.75) is 167 Å². The molecule has 2 aromatic carbocycles. The minimum absolute atomic E-state index is 0.00771. The van der Waals surface area contributed by atoms with Crippen molar-refractivity contribution in [2.75, 3.05) is 40.4 Å². The van der Waals surface area contributed by atoms with Crippen LogP contribution in [0.1, 0.15) is 128 Å². The fourth-order valence-corrected chi connectivity index (χ4v) is 10.1. The van der Waals surface area contributed by atoms with Gasteiger partial charge in [0.25, 0.3) is 0 Å². The number of carbonyl (C=O) groups is 6. The summed E-state index contributed by atoms with van der Waals surface area (Å²) in [5.41, 5.74) is 3.26. The molecule has 16 nitrogen and oxygen atoms in total. The van der Waals surface area contributed by atoms with Crippen LogP contribution >= 0.6 is 0 Å². The zero-order valence-corrected chi connectivity index (χ0v) is 44.0. The molecule has 2 aliphatic carbocycles. The molecule has 4 aliphatic rings. The Hall–Kier alpha value is -5.78. The highest BCUT2D eigenvalue weighted by Crippen LogP contribution is 2.34. The molecule has 2 heterocycles. The summed E-state index contributed by atoms with van der Waals surface area (Å²) in [6.07, 6.45) is 4.81. The zero-order valence-electron chi connectivity index (χ0n) is 44.0. The Morgan fingerprint density at radius 3 is 1.35 bits per heavy atom. The number of nitrogens with one attached hydrogen (secondary N) is 6. The summed E-state index contributed by atoms with van der Waals surface area (Å²) >= 11 is 0. The molecule has 0 saturated carbocycles. The number of aryl methyl sites for hydroxylation is 2. The normalized spacial score (nSPS) is 23.3. The van der Waals surface area contributed by atoms with Gasteiger partial charge in [0.1, 0.15) is 37.4 Å². The highest BCUT2D eigenvalue weighted by molar-refractivity contribution is 5.95. The third-order valence-corrected chi connectivity index (χ3v) is 14.5. The molecule has 0 bridgehead atoms. The Balaban J connectivity index is 1.10. The van der Waals surface area contributed by atoms with E-state index in [2.05, 4.69) is 67.7 Å². The predicted octanol–water partition coefficient (Wildman–Crippen LogP) is 3.63.